The third kappa shape index (κ3) is 2.57. The second-order valence-corrected chi connectivity index (χ2v) is 5.67. The molecular weight excluding hydrogens is 296 g/mol. The number of halogens is 2. The molecule has 0 radical (unpaired) electrons. The van der Waals surface area contributed by atoms with Crippen LogP contribution in [0.25, 0.3) is 0 Å². The predicted molar refractivity (Wildman–Crippen MR) is 51.1 cm³/mol. The molecule has 1 rings (SSSR count). The van der Waals surface area contributed by atoms with E-state index in [9.17, 15) is 4.79 Å². The van der Waals surface area contributed by atoms with E-state index in [4.69, 9.17) is 5.11 Å². The summed E-state index contributed by atoms with van der Waals surface area (Å²) in [5.41, 5.74) is 0.814. The van der Waals surface area contributed by atoms with Crippen LogP contribution in [0.1, 0.15) is 5.56 Å². The van der Waals surface area contributed by atoms with Gasteiger partial charge in [-0.3, -0.25) is 4.79 Å². The lowest BCUT2D eigenvalue weighted by Gasteiger charge is -1.89. The summed E-state index contributed by atoms with van der Waals surface area (Å²) in [6, 6.07) is 1.81. The van der Waals surface area contributed by atoms with Gasteiger partial charge in [-0.15, -0.1) is 11.3 Å². The normalized spacial score (nSPS) is 10.0. The zero-order valence-corrected chi connectivity index (χ0v) is 9.29. The molecule has 0 aliphatic rings. The van der Waals surface area contributed by atoms with Gasteiger partial charge in [-0.25, -0.2) is 0 Å². The van der Waals surface area contributed by atoms with Gasteiger partial charge in [0.05, 0.1) is 14.0 Å². The molecule has 0 aliphatic carbocycles. The van der Waals surface area contributed by atoms with E-state index in [1.807, 2.05) is 6.07 Å². The van der Waals surface area contributed by atoms with Gasteiger partial charge in [0.25, 0.3) is 0 Å². The van der Waals surface area contributed by atoms with E-state index in [1.165, 1.54) is 11.3 Å². The number of carbonyl (C=O) groups is 1. The van der Waals surface area contributed by atoms with E-state index < -0.39 is 5.97 Å². The average molecular weight is 300 g/mol. The maximum absolute atomic E-state index is 10.3. The number of carboxylic acids is 1. The first-order valence-corrected chi connectivity index (χ1v) is 5.15. The van der Waals surface area contributed by atoms with Crippen molar-refractivity contribution in [2.75, 3.05) is 0 Å². The molecule has 60 valence electrons. The van der Waals surface area contributed by atoms with Gasteiger partial charge in [-0.05, 0) is 43.5 Å². The SMILES string of the molecule is O=C(O)Cc1cc(Br)sc1Br. The summed E-state index contributed by atoms with van der Waals surface area (Å²) < 4.78 is 1.83. The molecule has 5 heteroatoms. The van der Waals surface area contributed by atoms with Crippen molar-refractivity contribution in [3.8, 4) is 0 Å². The van der Waals surface area contributed by atoms with E-state index in [-0.39, 0.29) is 6.42 Å². The van der Waals surface area contributed by atoms with Crippen molar-refractivity contribution in [3.05, 3.63) is 19.2 Å². The highest BCUT2D eigenvalue weighted by Gasteiger charge is 2.08. The Morgan fingerprint density at radius 1 is 1.64 bits per heavy atom. The van der Waals surface area contributed by atoms with Crippen molar-refractivity contribution in [1.29, 1.82) is 0 Å². The summed E-state index contributed by atoms with van der Waals surface area (Å²) >= 11 is 8.02. The van der Waals surface area contributed by atoms with Crippen LogP contribution < -0.4 is 0 Å². The minimum Gasteiger partial charge on any atom is -0.481 e. The van der Waals surface area contributed by atoms with Crippen LogP contribution in [0.4, 0.5) is 0 Å². The summed E-state index contributed by atoms with van der Waals surface area (Å²) in [5.74, 6) is -0.809. The minimum atomic E-state index is -0.809. The summed E-state index contributed by atoms with van der Waals surface area (Å²) in [6.45, 7) is 0. The highest BCUT2D eigenvalue weighted by Crippen LogP contribution is 2.31. The Hall–Kier alpha value is 0.130. The van der Waals surface area contributed by atoms with Crippen molar-refractivity contribution in [3.63, 3.8) is 0 Å². The van der Waals surface area contributed by atoms with Gasteiger partial charge < -0.3 is 5.11 Å². The monoisotopic (exact) mass is 298 g/mol. The largest absolute Gasteiger partial charge is 0.481 e. The van der Waals surface area contributed by atoms with Crippen LogP contribution in [0.3, 0.4) is 0 Å². The lowest BCUT2D eigenvalue weighted by Crippen LogP contribution is -1.98. The molecule has 0 aromatic carbocycles. The highest BCUT2D eigenvalue weighted by atomic mass is 79.9. The van der Waals surface area contributed by atoms with Crippen LogP contribution >= 0.6 is 43.2 Å². The molecule has 2 nitrogen and oxygen atoms in total. The molecule has 1 N–H and O–H groups in total. The Kier molecular flexibility index (Phi) is 3.09. The summed E-state index contributed by atoms with van der Waals surface area (Å²) in [4.78, 5) is 10.3. The molecule has 0 saturated carbocycles. The molecular formula is C6H4Br2O2S. The van der Waals surface area contributed by atoms with Crippen molar-refractivity contribution in [2.24, 2.45) is 0 Å². The number of rotatable bonds is 2. The average Bonchev–Trinajstić information content (AvgIpc) is 2.09. The fraction of sp³-hybridized carbons (Fsp3) is 0.167. The van der Waals surface area contributed by atoms with Gasteiger partial charge >= 0.3 is 5.97 Å². The molecule has 0 saturated heterocycles. The highest BCUT2D eigenvalue weighted by molar-refractivity contribution is 9.12. The van der Waals surface area contributed by atoms with Gasteiger partial charge in [-0.2, -0.15) is 0 Å². The molecule has 0 fully saturated rings. The summed E-state index contributed by atoms with van der Waals surface area (Å²) in [6.07, 6.45) is 0.0721. The molecule has 1 heterocycles. The summed E-state index contributed by atoms with van der Waals surface area (Å²) in [7, 11) is 0. The minimum absolute atomic E-state index is 0.0721. The molecule has 0 amide bonds. The molecule has 0 aliphatic heterocycles. The number of aliphatic carboxylic acids is 1. The van der Waals surface area contributed by atoms with Crippen LogP contribution in [-0.2, 0) is 11.2 Å². The van der Waals surface area contributed by atoms with Crippen molar-refractivity contribution in [1.82, 2.24) is 0 Å². The molecule has 0 unspecified atom stereocenters. The van der Waals surface area contributed by atoms with Gasteiger partial charge in [0.2, 0.25) is 0 Å². The van der Waals surface area contributed by atoms with Gasteiger partial charge in [-0.1, -0.05) is 0 Å². The Bertz CT molecular complexity index is 282. The number of hydrogen-bond acceptors (Lipinski definition) is 2. The quantitative estimate of drug-likeness (QED) is 0.912. The first-order valence-electron chi connectivity index (χ1n) is 2.75. The smallest absolute Gasteiger partial charge is 0.307 e. The topological polar surface area (TPSA) is 37.3 Å². The Morgan fingerprint density at radius 2 is 2.27 bits per heavy atom. The van der Waals surface area contributed by atoms with Crippen LogP contribution in [-0.4, -0.2) is 11.1 Å². The van der Waals surface area contributed by atoms with Crippen LogP contribution in [0.2, 0.25) is 0 Å². The van der Waals surface area contributed by atoms with Crippen LogP contribution in [0, 0.1) is 0 Å². The first kappa shape index (κ1) is 9.22. The van der Waals surface area contributed by atoms with Crippen LogP contribution in [0.15, 0.2) is 13.6 Å². The standard InChI is InChI=1S/C6H4Br2O2S/c7-4-1-3(2-5(9)10)6(8)11-4/h1H,2H2,(H,9,10). The van der Waals surface area contributed by atoms with Crippen molar-refractivity contribution < 1.29 is 9.90 Å². The fourth-order valence-electron chi connectivity index (χ4n) is 0.658. The van der Waals surface area contributed by atoms with Crippen LogP contribution in [0.5, 0.6) is 0 Å². The molecule has 11 heavy (non-hydrogen) atoms. The van der Waals surface area contributed by atoms with Gasteiger partial charge in [0.1, 0.15) is 0 Å². The first-order chi connectivity index (χ1) is 5.09. The molecule has 1 aromatic rings. The van der Waals surface area contributed by atoms with E-state index >= 15 is 0 Å². The van der Waals surface area contributed by atoms with E-state index in [0.29, 0.717) is 0 Å². The summed E-state index contributed by atoms with van der Waals surface area (Å²) in [5, 5.41) is 8.47. The second kappa shape index (κ2) is 3.69. The van der Waals surface area contributed by atoms with Crippen molar-refractivity contribution >= 4 is 49.2 Å². The Morgan fingerprint density at radius 3 is 2.64 bits per heavy atom. The third-order valence-electron chi connectivity index (χ3n) is 1.07. The Labute approximate surface area is 84.5 Å². The van der Waals surface area contributed by atoms with E-state index in [1.54, 1.807) is 0 Å². The predicted octanol–water partition coefficient (Wildman–Crippen LogP) is 2.90. The van der Waals surface area contributed by atoms with Crippen molar-refractivity contribution in [2.45, 2.75) is 6.42 Å². The third-order valence-corrected chi connectivity index (χ3v) is 3.53. The zero-order valence-electron chi connectivity index (χ0n) is 5.30. The maximum Gasteiger partial charge on any atom is 0.307 e. The van der Waals surface area contributed by atoms with Gasteiger partial charge in [0.15, 0.2) is 0 Å². The number of thiophene rings is 1. The lowest BCUT2D eigenvalue weighted by molar-refractivity contribution is -0.136. The van der Waals surface area contributed by atoms with E-state index in [2.05, 4.69) is 31.9 Å². The second-order valence-electron chi connectivity index (χ2n) is 1.92. The molecule has 0 bridgehead atoms. The maximum atomic E-state index is 10.3. The fourth-order valence-corrected chi connectivity index (χ4v) is 3.48. The molecule has 0 spiro atoms. The molecule has 1 aromatic heterocycles. The zero-order chi connectivity index (χ0) is 8.43. The van der Waals surface area contributed by atoms with Gasteiger partial charge in [0, 0.05) is 0 Å². The number of carboxylic acid groups (broad SMARTS) is 1. The lowest BCUT2D eigenvalue weighted by atomic mass is 10.2. The molecule has 0 atom stereocenters. The number of hydrogen-bond donors (Lipinski definition) is 1. The Balaban J connectivity index is 2.85. The van der Waals surface area contributed by atoms with E-state index in [0.717, 1.165) is 13.1 Å².